The number of hydrogen-bond acceptors (Lipinski definition) is 33. The van der Waals surface area contributed by atoms with Gasteiger partial charge >= 0.3 is 15.6 Å². The molecule has 3 aliphatic rings. The van der Waals surface area contributed by atoms with Crippen molar-refractivity contribution in [2.24, 2.45) is 5.41 Å². The summed E-state index contributed by atoms with van der Waals surface area (Å²) in [5.41, 5.74) is -0.802. The van der Waals surface area contributed by atoms with Gasteiger partial charge in [0.05, 0.1) is 152 Å². The van der Waals surface area contributed by atoms with Gasteiger partial charge in [-0.05, 0) is 0 Å². The van der Waals surface area contributed by atoms with Crippen LogP contribution in [0.5, 0.6) is 0 Å². The maximum atomic E-state index is 12.6. The highest BCUT2D eigenvalue weighted by Crippen LogP contribution is 2.53. The molecule has 0 aromatic carbocycles. The fraction of sp³-hybridized carbons (Fsp3) is 0.940. The van der Waals surface area contributed by atoms with E-state index in [9.17, 15) is 69.5 Å². The van der Waals surface area contributed by atoms with Crippen LogP contribution in [0.2, 0.25) is 0 Å². The summed E-state index contributed by atoms with van der Waals surface area (Å²) in [4.78, 5) is 78.4. The molecule has 0 saturated carbocycles. The summed E-state index contributed by atoms with van der Waals surface area (Å²) in [6.45, 7) is 1.90. The highest BCUT2D eigenvalue weighted by Gasteiger charge is 2.47. The Morgan fingerprint density at radius 2 is 0.695 bits per heavy atom. The molecule has 0 aromatic heterocycles. The van der Waals surface area contributed by atoms with Gasteiger partial charge in [-0.3, -0.25) is 23.4 Å². The maximum Gasteiger partial charge on any atom is 0.469 e. The quantitative estimate of drug-likeness (QED) is 0.0117. The Morgan fingerprint density at radius 3 is 0.979 bits per heavy atom. The van der Waals surface area contributed by atoms with Crippen molar-refractivity contribution in [2.45, 2.75) is 118 Å². The number of aliphatic hydroxyl groups is 9. The molecule has 3 saturated heterocycles. The van der Waals surface area contributed by atoms with Gasteiger partial charge in [-0.25, -0.2) is 18.7 Å². The van der Waals surface area contributed by atoms with Gasteiger partial charge in [0.25, 0.3) is 0 Å². The van der Waals surface area contributed by atoms with Gasteiger partial charge < -0.3 is 161 Å². The summed E-state index contributed by atoms with van der Waals surface area (Å²) < 4.78 is 118. The standard InChI is InChI=1S/C50H97N3O37P5/c1-50(29-78-8-2-35(54)51-5-11-72-14-17-75-20-23-81-47-44(63)41(60)38(57)32(87-47)26-84-90-93(91)92,30-79-9-3-36(55)52-6-12-73-15-18-76-21-24-82-48-45(64)42(61)39(58)33(88-48)27-85-94(66,67)68)31-80-10-4-37(56)53-7-13-74-16-19-77-22-25-83-49-46(65)43(62)40(59)34(89-49)28-86-95(69,70)71/h32-34,38-49,57-65,91H,2-31,92H2,1H3,(H,51,54)(H,52,55)(H,53,56)(H2,66,67,68)(H2,69,70,71)/q-1. The SMILES string of the molecule is CC(COCCC(=O)NCCOCCOCCOC1OC(COOP([PH-])P)C(O)C(O)C1O)(COCCC(=O)NCCOCCOCCOC1OC(COP(=O)(O)O)C(O)C(O)C1O)COCCC(=O)NCCOCCOCCOC1OC(COP(=O)(O)O)C(O)C(O)C1O. The lowest BCUT2D eigenvalue weighted by molar-refractivity contribution is -0.322. The molecule has 0 radical (unpaired) electrons. The first-order chi connectivity index (χ1) is 45.1. The molecule has 560 valence electrons. The molecule has 3 amide bonds. The van der Waals surface area contributed by atoms with Crippen LogP contribution in [0.15, 0.2) is 0 Å². The first-order valence-corrected chi connectivity index (χ1v) is 37.3. The first-order valence-electron chi connectivity index (χ1n) is 30.0. The van der Waals surface area contributed by atoms with Gasteiger partial charge in [-0.2, -0.15) is 0 Å². The van der Waals surface area contributed by atoms with Crippen molar-refractivity contribution in [3.63, 3.8) is 0 Å². The summed E-state index contributed by atoms with van der Waals surface area (Å²) in [6.07, 6.45) is -22.8. The van der Waals surface area contributed by atoms with E-state index in [0.29, 0.717) is 0 Å². The van der Waals surface area contributed by atoms with Gasteiger partial charge in [0.15, 0.2) is 18.9 Å². The molecule has 0 aliphatic carbocycles. The molecule has 17 atom stereocenters. The molecule has 17 unspecified atom stereocenters. The van der Waals surface area contributed by atoms with Crippen LogP contribution in [0.25, 0.3) is 0 Å². The largest absolute Gasteiger partial charge is 0.488 e. The first kappa shape index (κ1) is 88.1. The smallest absolute Gasteiger partial charge is 0.469 e. The molecule has 45 heteroatoms. The van der Waals surface area contributed by atoms with Gasteiger partial charge in [-0.1, -0.05) is 14.4 Å². The number of ether oxygens (including phenoxy) is 15. The normalized spacial score (nSPS) is 27.6. The minimum atomic E-state index is -4.91. The molecule has 3 aliphatic heterocycles. The van der Waals surface area contributed by atoms with Crippen LogP contribution in [-0.2, 0) is 113 Å². The fourth-order valence-electron chi connectivity index (χ4n) is 8.34. The predicted octanol–water partition coefficient (Wildman–Crippen LogP) is -6.45. The molecule has 3 heterocycles. The lowest BCUT2D eigenvalue weighted by atomic mass is 9.94. The molecular weight excluding hydrogens is 1390 g/mol. The van der Waals surface area contributed by atoms with Crippen molar-refractivity contribution in [3.05, 3.63) is 0 Å². The number of carbonyl (C=O) groups is 3. The van der Waals surface area contributed by atoms with E-state index in [1.54, 1.807) is 0 Å². The monoisotopic (exact) mass is 1490 g/mol. The molecule has 95 heavy (non-hydrogen) atoms. The van der Waals surface area contributed by atoms with Crippen LogP contribution in [0.4, 0.5) is 0 Å². The number of hydrogen-bond donors (Lipinski definition) is 16. The van der Waals surface area contributed by atoms with Crippen LogP contribution in [-0.4, -0.2) is 354 Å². The zero-order valence-electron chi connectivity index (χ0n) is 52.4. The van der Waals surface area contributed by atoms with Crippen molar-refractivity contribution < 1.29 is 179 Å². The zero-order chi connectivity index (χ0) is 70.2. The summed E-state index contributed by atoms with van der Waals surface area (Å²) in [7, 11) is -5.38. The van der Waals surface area contributed by atoms with Crippen molar-refractivity contribution in [1.29, 1.82) is 0 Å². The molecule has 0 bridgehead atoms. The van der Waals surface area contributed by atoms with Crippen molar-refractivity contribution >= 4 is 58.7 Å². The third kappa shape index (κ3) is 39.2. The summed E-state index contributed by atoms with van der Waals surface area (Å²) in [5, 5.41) is 99.4. The Bertz CT molecular complexity index is 2060. The molecule has 3 fully saturated rings. The third-order valence-electron chi connectivity index (χ3n) is 13.3. The van der Waals surface area contributed by atoms with Gasteiger partial charge in [0.1, 0.15) is 79.9 Å². The molecule has 40 nitrogen and oxygen atoms in total. The van der Waals surface area contributed by atoms with Crippen LogP contribution >= 0.6 is 41.0 Å². The molecular formula is C50H97N3O37P5-. The summed E-state index contributed by atoms with van der Waals surface area (Å²) in [6, 6.07) is 0. The predicted molar refractivity (Wildman–Crippen MR) is 324 cm³/mol. The number of phosphoric ester groups is 2. The Balaban J connectivity index is 1.30. The topological polar surface area (TPSA) is 560 Å². The van der Waals surface area contributed by atoms with E-state index in [1.165, 1.54) is 0 Å². The summed E-state index contributed by atoms with van der Waals surface area (Å²) in [5.74, 6) is -0.960. The Labute approximate surface area is 553 Å². The molecule has 0 spiro atoms. The van der Waals surface area contributed by atoms with Crippen LogP contribution in [0.3, 0.4) is 0 Å². The van der Waals surface area contributed by atoms with E-state index in [-0.39, 0.29) is 202 Å². The maximum absolute atomic E-state index is 12.6. The van der Waals surface area contributed by atoms with E-state index in [1.807, 2.05) is 6.92 Å². The van der Waals surface area contributed by atoms with Crippen LogP contribution in [0.1, 0.15) is 26.2 Å². The number of amides is 3. The second kappa shape index (κ2) is 49.5. The minimum Gasteiger partial charge on any atom is -0.488 e. The number of nitrogens with one attached hydrogen (secondary N) is 3. The molecule has 0 aromatic rings. The lowest BCUT2D eigenvalue weighted by Gasteiger charge is -2.40. The fourth-order valence-corrected chi connectivity index (χ4v) is 9.53. The zero-order valence-corrected chi connectivity index (χ0v) is 57.2. The van der Waals surface area contributed by atoms with E-state index >= 15 is 0 Å². The van der Waals surface area contributed by atoms with Gasteiger partial charge in [-0.15, -0.1) is 8.93 Å². The number of aliphatic hydroxyl groups excluding tert-OH is 9. The van der Waals surface area contributed by atoms with Crippen molar-refractivity contribution in [2.75, 3.05) is 178 Å². The Morgan fingerprint density at radius 1 is 0.421 bits per heavy atom. The second-order valence-corrected chi connectivity index (χ2v) is 28.9. The van der Waals surface area contributed by atoms with E-state index in [2.05, 4.69) is 42.9 Å². The van der Waals surface area contributed by atoms with E-state index in [4.69, 9.17) is 100 Å². The Hall–Kier alpha value is -1.12. The van der Waals surface area contributed by atoms with Crippen molar-refractivity contribution in [3.8, 4) is 0 Å². The van der Waals surface area contributed by atoms with Gasteiger partial charge in [0.2, 0.25) is 17.7 Å². The number of carbonyl (C=O) groups excluding carboxylic acids is 3. The van der Waals surface area contributed by atoms with Crippen LogP contribution < -0.4 is 16.0 Å². The number of rotatable bonds is 55. The van der Waals surface area contributed by atoms with Gasteiger partial charge in [0, 0.05) is 44.3 Å². The average molecular weight is 1490 g/mol. The summed E-state index contributed by atoms with van der Waals surface area (Å²) >= 11 is 0. The Kier molecular flexibility index (Phi) is 45.9. The number of phosphoric acid groups is 2. The lowest BCUT2D eigenvalue weighted by Crippen LogP contribution is -2.59. The van der Waals surface area contributed by atoms with E-state index < -0.39 is 134 Å². The highest BCUT2D eigenvalue weighted by atomic mass is 32.4. The average Bonchev–Trinajstić information content (AvgIpc) is 0.862. The highest BCUT2D eigenvalue weighted by molar-refractivity contribution is 8.41. The third-order valence-corrected chi connectivity index (χ3v) is 15.0. The minimum absolute atomic E-state index is 0.00636. The molecule has 16 N–H and O–H groups in total. The molecule has 3 rings (SSSR count). The van der Waals surface area contributed by atoms with Crippen molar-refractivity contribution in [1.82, 2.24) is 16.0 Å². The second-order valence-electron chi connectivity index (χ2n) is 21.4. The van der Waals surface area contributed by atoms with Crippen LogP contribution in [0, 0.1) is 5.41 Å². The van der Waals surface area contributed by atoms with E-state index in [0.717, 1.165) is 0 Å².